The van der Waals surface area contributed by atoms with Crippen LogP contribution in [0.25, 0.3) is 54.5 Å². The van der Waals surface area contributed by atoms with Crippen LogP contribution in [0.1, 0.15) is 300 Å². The molecule has 0 aliphatic carbocycles. The second-order valence-corrected chi connectivity index (χ2v) is 43.8. The van der Waals surface area contributed by atoms with Crippen LogP contribution in [-0.4, -0.2) is 218 Å². The van der Waals surface area contributed by atoms with Gasteiger partial charge < -0.3 is 60.5 Å². The lowest BCUT2D eigenvalue weighted by Crippen LogP contribution is -2.51. The molecule has 758 valence electrons. The minimum Gasteiger partial charge on any atom is -0.395 e. The van der Waals surface area contributed by atoms with E-state index in [1.165, 1.54) is 135 Å². The standard InChI is InChI=1S/C27H33N3O.C27H41N3O.C23H31N3O2.C22H27N3O.C21H29N3O2/c1-4-27(17-24(31)28-20-15-18(2)14-19(3)16-20)11-7-12-30-13-10-22-21-8-5-6-9-23(21)29-25(22)26(27)30;1-4-7-16-29(17-8-5-2)24(31)20-27(6-3)15-11-18-30-19-14-22-21-12-9-10-13-23(21)28-25(22)26(27)30;1-2-23(16-20(27)25-12-14-28-15-13-25)9-5-10-26-11-8-18-17-6-3-4-7-19(17)24-21(18)22(23)26;1-3-12-23-19(26)15-22(4-2)11-7-13-25-14-10-17-16-8-5-6-9-18(16)24-20(17)21(22)25;1-2-21(14-18(26)22-10-13-25)9-5-11-24-12-8-16-15-6-3-4-7-17(15)23-19(16)20(21)24/h5-6,8-9,14-16,26,29H,4,7,10-13,17H2,1-3H3,(H,28,31);9-10,12-13,26,28H,4-8,11,14-20H2,1-3H3;3-4,6-7,22,24H,2,5,8-16H2,1H3;1,5-6,8-9,21,24H,4,7,10-15H2,2H3,(H,23,26);3-4,6-7,20,23,25H,2,5,8-14H2,1H3,(H,22,26)/t2*26-,27+;22-,23+;21-,22+;20-,21+/m11111/s1. The van der Waals surface area contributed by atoms with E-state index in [0.717, 1.165) is 239 Å². The summed E-state index contributed by atoms with van der Waals surface area (Å²) in [5.41, 5.74) is 23.5. The predicted molar refractivity (Wildman–Crippen MR) is 575 cm³/mol. The molecular formula is C120H161N15O7. The van der Waals surface area contributed by atoms with Crippen LogP contribution in [0.3, 0.4) is 0 Å². The average Bonchev–Trinajstić information content (AvgIpc) is 1.55. The Balaban J connectivity index is 0.000000117. The number of amides is 5. The zero-order valence-corrected chi connectivity index (χ0v) is 86.7. The van der Waals surface area contributed by atoms with Gasteiger partial charge >= 0.3 is 0 Å². The molecule has 16 heterocycles. The third-order valence-electron chi connectivity index (χ3n) is 35.8. The Morgan fingerprint density at radius 3 is 1.01 bits per heavy atom. The Hall–Kier alpha value is -10.4. The number of carbonyl (C=O) groups is 5. The molecule has 0 bridgehead atoms. The van der Waals surface area contributed by atoms with Crippen molar-refractivity contribution in [3.63, 3.8) is 0 Å². The molecular weight excluding hydrogens is 1760 g/mol. The van der Waals surface area contributed by atoms with Crippen molar-refractivity contribution >= 4 is 89.7 Å². The molecule has 0 saturated carbocycles. The topological polar surface area (TPSA) is 253 Å². The van der Waals surface area contributed by atoms with E-state index in [-0.39, 0.29) is 69.5 Å². The van der Waals surface area contributed by atoms with Gasteiger partial charge in [0, 0.05) is 213 Å². The van der Waals surface area contributed by atoms with Crippen LogP contribution < -0.4 is 16.0 Å². The Morgan fingerprint density at radius 1 is 0.401 bits per heavy atom. The highest BCUT2D eigenvalue weighted by Gasteiger charge is 2.55. The number of terminal acetylenes is 1. The maximum atomic E-state index is 13.6. The second kappa shape index (κ2) is 45.1. The van der Waals surface area contributed by atoms with E-state index in [9.17, 15) is 24.0 Å². The summed E-state index contributed by atoms with van der Waals surface area (Å²) in [5, 5.41) is 24.7. The molecule has 22 rings (SSSR count). The first kappa shape index (κ1) is 102. The van der Waals surface area contributed by atoms with E-state index >= 15 is 0 Å². The molecule has 0 spiro atoms. The lowest BCUT2D eigenvalue weighted by atomic mass is 9.66. The highest BCUT2D eigenvalue weighted by atomic mass is 16.5. The molecule has 6 fully saturated rings. The molecule has 142 heavy (non-hydrogen) atoms. The Kier molecular flexibility index (Phi) is 32.3. The lowest BCUT2D eigenvalue weighted by Gasteiger charge is -2.52. The van der Waals surface area contributed by atoms with Gasteiger partial charge in [-0.05, 0) is 269 Å². The fourth-order valence-electron chi connectivity index (χ4n) is 28.8. The number of unbranched alkanes of at least 4 members (excludes halogenated alkanes) is 2. The van der Waals surface area contributed by atoms with Gasteiger partial charge in [-0.15, -0.1) is 6.42 Å². The summed E-state index contributed by atoms with van der Waals surface area (Å²) in [4.78, 5) is 101. The number of hydrogen-bond donors (Lipinski definition) is 9. The highest BCUT2D eigenvalue weighted by molar-refractivity contribution is 5.93. The number of benzene rings is 6. The van der Waals surface area contributed by atoms with Crippen molar-refractivity contribution in [1.82, 2.24) is 69.9 Å². The Labute approximate surface area is 843 Å². The van der Waals surface area contributed by atoms with Gasteiger partial charge in [0.15, 0.2) is 0 Å². The van der Waals surface area contributed by atoms with Crippen molar-refractivity contribution in [2.45, 2.75) is 279 Å². The van der Waals surface area contributed by atoms with Gasteiger partial charge in [0.2, 0.25) is 29.5 Å². The molecule has 10 atom stereocenters. The lowest BCUT2D eigenvalue weighted by molar-refractivity contribution is -0.141. The number of aryl methyl sites for hydroxylation is 2. The van der Waals surface area contributed by atoms with Gasteiger partial charge in [-0.1, -0.05) is 164 Å². The number of aliphatic hydroxyl groups excluding tert-OH is 1. The first-order valence-electron chi connectivity index (χ1n) is 55.0. The smallest absolute Gasteiger partial charge is 0.225 e. The molecule has 11 aromatic rings. The number of morpholine rings is 1. The van der Waals surface area contributed by atoms with Gasteiger partial charge in [-0.25, -0.2) is 0 Å². The number of piperidine rings is 5. The maximum Gasteiger partial charge on any atom is 0.225 e. The van der Waals surface area contributed by atoms with E-state index < -0.39 is 0 Å². The number of para-hydroxylation sites is 5. The summed E-state index contributed by atoms with van der Waals surface area (Å²) in [7, 11) is 0. The van der Waals surface area contributed by atoms with E-state index in [1.807, 2.05) is 4.90 Å². The summed E-state index contributed by atoms with van der Waals surface area (Å²) in [5.74, 6) is 3.48. The van der Waals surface area contributed by atoms with Gasteiger partial charge in [0.05, 0.1) is 56.6 Å². The van der Waals surface area contributed by atoms with E-state index in [1.54, 1.807) is 0 Å². The molecule has 5 amide bonds. The fraction of sp³-hybridized carbons (Fsp3) is 0.558. The number of hydrogen-bond acceptors (Lipinski definition) is 12. The van der Waals surface area contributed by atoms with Crippen LogP contribution in [0.15, 0.2) is 140 Å². The van der Waals surface area contributed by atoms with Crippen LogP contribution in [-0.2, 0) is 60.8 Å². The predicted octanol–water partition coefficient (Wildman–Crippen LogP) is 21.6. The van der Waals surface area contributed by atoms with Crippen LogP contribution in [0.4, 0.5) is 5.69 Å². The minimum atomic E-state index is -0.0478. The largest absolute Gasteiger partial charge is 0.395 e. The summed E-state index contributed by atoms with van der Waals surface area (Å²) in [6.45, 7) is 36.3. The third-order valence-corrected chi connectivity index (χ3v) is 35.8. The fourth-order valence-corrected chi connectivity index (χ4v) is 28.8. The summed E-state index contributed by atoms with van der Waals surface area (Å²) in [6.07, 6.45) is 34.7. The number of anilines is 1. The van der Waals surface area contributed by atoms with Gasteiger partial charge in [0.25, 0.3) is 0 Å². The minimum absolute atomic E-state index is 0.00736. The molecule has 22 heteroatoms. The first-order valence-corrected chi connectivity index (χ1v) is 55.0. The molecule has 6 aromatic carbocycles. The number of H-pyrrole nitrogens is 5. The average molecular weight is 1930 g/mol. The number of carbonyl (C=O) groups excluding carboxylic acids is 5. The normalized spacial score (nSPS) is 25.1. The Morgan fingerprint density at radius 2 is 0.704 bits per heavy atom. The van der Waals surface area contributed by atoms with Crippen molar-refractivity contribution in [3.05, 3.63) is 207 Å². The summed E-state index contributed by atoms with van der Waals surface area (Å²) >= 11 is 0. The maximum absolute atomic E-state index is 13.6. The second-order valence-electron chi connectivity index (χ2n) is 43.8. The molecule has 9 N–H and O–H groups in total. The molecule has 0 unspecified atom stereocenters. The summed E-state index contributed by atoms with van der Waals surface area (Å²) < 4.78 is 5.45. The van der Waals surface area contributed by atoms with Crippen molar-refractivity contribution in [2.24, 2.45) is 27.1 Å². The van der Waals surface area contributed by atoms with Crippen LogP contribution in [0.2, 0.25) is 0 Å². The zero-order valence-electron chi connectivity index (χ0n) is 86.7. The number of ether oxygens (including phenoxy) is 1. The van der Waals surface area contributed by atoms with Crippen molar-refractivity contribution in [2.75, 3.05) is 130 Å². The summed E-state index contributed by atoms with van der Waals surface area (Å²) in [6, 6.07) is 51.0. The first-order chi connectivity index (χ1) is 69.2. The zero-order chi connectivity index (χ0) is 98.9. The molecule has 0 radical (unpaired) electrons. The number of nitrogens with one attached hydrogen (secondary N) is 8. The number of fused-ring (bicyclic) bond motifs is 25. The molecule has 5 aromatic heterocycles. The SMILES string of the molecule is C#CCNC(=O)C[C@]1(CC)CCCN2CCc3c([nH]c4ccccc34)[C@@H]21.CCCCN(CCCC)C(=O)C[C@]1(CC)CCCN2CCc3c([nH]c4ccccc34)[C@@H]21.CC[C@@]1(CC(=O)N2CCOCC2)CCCN2CCc3c([nH]c4ccccc34)[C@@H]21.CC[C@@]1(CC(=O)NCCO)CCCN2CCc3c([nH]c4ccccc34)[C@@H]21.CC[C@@]1(CC(=O)Nc2cc(C)cc(C)c2)CCCN2CCc3c([nH]c4ccccc34)[C@@H]21. The molecule has 22 nitrogen and oxygen atoms in total. The molecule has 11 aliphatic heterocycles. The molecule has 6 saturated heterocycles. The van der Waals surface area contributed by atoms with E-state index in [4.69, 9.17) is 16.3 Å². The van der Waals surface area contributed by atoms with E-state index in [0.29, 0.717) is 82.3 Å². The third kappa shape index (κ3) is 20.6. The number of aromatic nitrogens is 5. The Bertz CT molecular complexity index is 6250. The van der Waals surface area contributed by atoms with Crippen molar-refractivity contribution < 1.29 is 33.8 Å². The van der Waals surface area contributed by atoms with Crippen LogP contribution in [0.5, 0.6) is 0 Å². The van der Waals surface area contributed by atoms with Crippen molar-refractivity contribution in [1.29, 1.82) is 0 Å². The number of aromatic amines is 5. The van der Waals surface area contributed by atoms with Gasteiger partial charge in [0.1, 0.15) is 0 Å². The van der Waals surface area contributed by atoms with Gasteiger partial charge in [-0.3, -0.25) is 48.5 Å². The van der Waals surface area contributed by atoms with Crippen LogP contribution in [0, 0.1) is 53.3 Å². The van der Waals surface area contributed by atoms with Crippen molar-refractivity contribution in [3.8, 4) is 12.3 Å². The monoisotopic (exact) mass is 1920 g/mol. The van der Waals surface area contributed by atoms with Crippen LogP contribution >= 0.6 is 0 Å². The van der Waals surface area contributed by atoms with Gasteiger partial charge in [-0.2, -0.15) is 0 Å². The van der Waals surface area contributed by atoms with E-state index in [2.05, 4.69) is 278 Å². The molecule has 11 aliphatic rings. The number of rotatable bonds is 25. The number of aliphatic hydroxyl groups is 1. The quantitative estimate of drug-likeness (QED) is 0.0242. The number of nitrogens with zero attached hydrogens (tertiary/aromatic N) is 7. The highest BCUT2D eigenvalue weighted by Crippen LogP contribution is 2.60.